The summed E-state index contributed by atoms with van der Waals surface area (Å²) in [6, 6.07) is 1.18. The molecule has 2 rings (SSSR count). The highest BCUT2D eigenvalue weighted by Crippen LogP contribution is 2.23. The number of carbonyl (C=O) groups excluding carboxylic acids is 2. The average Bonchev–Trinajstić information content (AvgIpc) is 2.79. The van der Waals surface area contributed by atoms with Crippen LogP contribution in [-0.4, -0.2) is 60.5 Å². The molecule has 2 aliphatic rings. The number of piperidine rings is 1. The van der Waals surface area contributed by atoms with Crippen LogP contribution in [0.25, 0.3) is 0 Å². The first-order chi connectivity index (χ1) is 9.52. The lowest BCUT2D eigenvalue weighted by Gasteiger charge is -2.39. The zero-order chi connectivity index (χ0) is 14.7. The number of likely N-dealkylation sites (tertiary alicyclic amines) is 2. The Balaban J connectivity index is 1.84. The van der Waals surface area contributed by atoms with Crippen molar-refractivity contribution in [1.82, 2.24) is 9.80 Å². The first-order valence-corrected chi connectivity index (χ1v) is 7.64. The number of ether oxygens (including phenoxy) is 1. The molecule has 0 radical (unpaired) electrons. The summed E-state index contributed by atoms with van der Waals surface area (Å²) in [7, 11) is 1.38. The molecule has 0 aromatic rings. The van der Waals surface area contributed by atoms with Crippen LogP contribution in [0.2, 0.25) is 0 Å². The van der Waals surface area contributed by atoms with E-state index in [4.69, 9.17) is 4.74 Å². The number of methoxy groups -OCH3 is 1. The maximum atomic E-state index is 11.9. The number of hydrogen-bond donors (Lipinski definition) is 0. The second kappa shape index (κ2) is 6.57. The summed E-state index contributed by atoms with van der Waals surface area (Å²) in [6.07, 6.45) is 4.08. The molecule has 3 unspecified atom stereocenters. The zero-order valence-electron chi connectivity index (χ0n) is 12.8. The molecule has 2 heterocycles. The summed E-state index contributed by atoms with van der Waals surface area (Å²) in [5, 5.41) is 0. The third kappa shape index (κ3) is 3.32. The van der Waals surface area contributed by atoms with Gasteiger partial charge in [-0.1, -0.05) is 6.42 Å². The lowest BCUT2D eigenvalue weighted by Crippen LogP contribution is -2.47. The molecular formula is C15H26N2O3. The van der Waals surface area contributed by atoms with Gasteiger partial charge in [-0.05, 0) is 26.7 Å². The van der Waals surface area contributed by atoms with Crippen molar-refractivity contribution in [2.24, 2.45) is 5.92 Å². The largest absolute Gasteiger partial charge is 0.469 e. The number of esters is 1. The minimum absolute atomic E-state index is 0.0812. The third-order valence-corrected chi connectivity index (χ3v) is 4.75. The minimum Gasteiger partial charge on any atom is -0.469 e. The molecule has 5 heteroatoms. The predicted molar refractivity (Wildman–Crippen MR) is 76.2 cm³/mol. The van der Waals surface area contributed by atoms with E-state index in [1.165, 1.54) is 26.4 Å². The Morgan fingerprint density at radius 1 is 1.25 bits per heavy atom. The maximum absolute atomic E-state index is 11.9. The van der Waals surface area contributed by atoms with Crippen LogP contribution in [0.1, 0.15) is 39.5 Å². The summed E-state index contributed by atoms with van der Waals surface area (Å²) in [6.45, 7) is 6.67. The van der Waals surface area contributed by atoms with Crippen LogP contribution in [0.5, 0.6) is 0 Å². The van der Waals surface area contributed by atoms with E-state index in [1.807, 2.05) is 4.90 Å². The SMILES string of the molecule is COC(=O)C1CC(=O)N(CCN2C(C)CCCC2C)C1. The van der Waals surface area contributed by atoms with E-state index in [0.717, 1.165) is 13.1 Å². The Bertz CT molecular complexity index is 362. The van der Waals surface area contributed by atoms with Gasteiger partial charge in [0.05, 0.1) is 13.0 Å². The van der Waals surface area contributed by atoms with Crippen LogP contribution < -0.4 is 0 Å². The minimum atomic E-state index is -0.274. The molecule has 20 heavy (non-hydrogen) atoms. The van der Waals surface area contributed by atoms with Crippen molar-refractivity contribution in [1.29, 1.82) is 0 Å². The van der Waals surface area contributed by atoms with Gasteiger partial charge in [0, 0.05) is 38.1 Å². The Morgan fingerprint density at radius 3 is 2.50 bits per heavy atom. The van der Waals surface area contributed by atoms with Crippen LogP contribution in [0.4, 0.5) is 0 Å². The fraction of sp³-hybridized carbons (Fsp3) is 0.867. The monoisotopic (exact) mass is 282 g/mol. The summed E-state index contributed by atoms with van der Waals surface area (Å²) in [5.74, 6) is -0.457. The molecule has 0 saturated carbocycles. The number of rotatable bonds is 4. The first-order valence-electron chi connectivity index (χ1n) is 7.64. The van der Waals surface area contributed by atoms with Gasteiger partial charge in [0.2, 0.25) is 5.91 Å². The number of carbonyl (C=O) groups is 2. The standard InChI is InChI=1S/C15H26N2O3/c1-11-5-4-6-12(2)17(11)8-7-16-10-13(9-14(16)18)15(19)20-3/h11-13H,4-10H2,1-3H3. The number of hydrogen-bond acceptors (Lipinski definition) is 4. The third-order valence-electron chi connectivity index (χ3n) is 4.75. The molecule has 2 saturated heterocycles. The Hall–Kier alpha value is -1.10. The van der Waals surface area contributed by atoms with Gasteiger partial charge in [-0.2, -0.15) is 0 Å². The topological polar surface area (TPSA) is 49.9 Å². The van der Waals surface area contributed by atoms with E-state index in [2.05, 4.69) is 18.7 Å². The molecule has 0 N–H and O–H groups in total. The van der Waals surface area contributed by atoms with Crippen molar-refractivity contribution in [2.75, 3.05) is 26.7 Å². The Morgan fingerprint density at radius 2 is 1.90 bits per heavy atom. The molecule has 0 aliphatic carbocycles. The summed E-state index contributed by atoms with van der Waals surface area (Å²) in [4.78, 5) is 27.7. The van der Waals surface area contributed by atoms with Gasteiger partial charge in [-0.15, -0.1) is 0 Å². The predicted octanol–water partition coefficient (Wildman–Crippen LogP) is 1.27. The molecule has 3 atom stereocenters. The van der Waals surface area contributed by atoms with Gasteiger partial charge in [-0.25, -0.2) is 0 Å². The highest BCUT2D eigenvalue weighted by molar-refractivity contribution is 5.86. The molecule has 5 nitrogen and oxygen atoms in total. The van der Waals surface area contributed by atoms with Crippen molar-refractivity contribution in [3.05, 3.63) is 0 Å². The van der Waals surface area contributed by atoms with Crippen LogP contribution in [0.15, 0.2) is 0 Å². The quantitative estimate of drug-likeness (QED) is 0.729. The van der Waals surface area contributed by atoms with E-state index >= 15 is 0 Å². The van der Waals surface area contributed by atoms with Gasteiger partial charge in [0.25, 0.3) is 0 Å². The van der Waals surface area contributed by atoms with E-state index in [9.17, 15) is 9.59 Å². The van der Waals surface area contributed by atoms with Gasteiger partial charge in [0.15, 0.2) is 0 Å². The van der Waals surface area contributed by atoms with Crippen LogP contribution in [0.3, 0.4) is 0 Å². The highest BCUT2D eigenvalue weighted by Gasteiger charge is 2.35. The van der Waals surface area contributed by atoms with Crippen molar-refractivity contribution in [3.63, 3.8) is 0 Å². The van der Waals surface area contributed by atoms with Crippen molar-refractivity contribution in [2.45, 2.75) is 51.6 Å². The summed E-state index contributed by atoms with van der Waals surface area (Å²) >= 11 is 0. The first kappa shape index (κ1) is 15.3. The normalized spacial score (nSPS) is 31.6. The average molecular weight is 282 g/mol. The molecule has 0 spiro atoms. The molecule has 1 amide bonds. The van der Waals surface area contributed by atoms with E-state index in [1.54, 1.807) is 0 Å². The van der Waals surface area contributed by atoms with E-state index in [-0.39, 0.29) is 17.8 Å². The van der Waals surface area contributed by atoms with Crippen LogP contribution in [0, 0.1) is 5.92 Å². The summed E-state index contributed by atoms with van der Waals surface area (Å²) < 4.78 is 4.73. The highest BCUT2D eigenvalue weighted by atomic mass is 16.5. The van der Waals surface area contributed by atoms with Gasteiger partial charge < -0.3 is 9.64 Å². The van der Waals surface area contributed by atoms with Crippen LogP contribution >= 0.6 is 0 Å². The zero-order valence-corrected chi connectivity index (χ0v) is 12.8. The maximum Gasteiger partial charge on any atom is 0.310 e. The summed E-state index contributed by atoms with van der Waals surface area (Å²) in [5.41, 5.74) is 0. The second-order valence-corrected chi connectivity index (χ2v) is 6.13. The van der Waals surface area contributed by atoms with Gasteiger partial charge in [0.1, 0.15) is 0 Å². The van der Waals surface area contributed by atoms with Crippen molar-refractivity contribution in [3.8, 4) is 0 Å². The molecule has 0 aromatic heterocycles. The van der Waals surface area contributed by atoms with Gasteiger partial charge >= 0.3 is 5.97 Å². The number of amides is 1. The fourth-order valence-electron chi connectivity index (χ4n) is 3.46. The molecule has 0 bridgehead atoms. The van der Waals surface area contributed by atoms with Gasteiger partial charge in [-0.3, -0.25) is 14.5 Å². The molecule has 2 fully saturated rings. The van der Waals surface area contributed by atoms with E-state index < -0.39 is 0 Å². The fourth-order valence-corrected chi connectivity index (χ4v) is 3.46. The molecule has 0 aromatic carbocycles. The molecule has 114 valence electrons. The lowest BCUT2D eigenvalue weighted by atomic mass is 9.97. The molecular weight excluding hydrogens is 256 g/mol. The second-order valence-electron chi connectivity index (χ2n) is 6.13. The smallest absolute Gasteiger partial charge is 0.310 e. The van der Waals surface area contributed by atoms with E-state index in [0.29, 0.717) is 25.0 Å². The molecule has 2 aliphatic heterocycles. The number of nitrogens with zero attached hydrogens (tertiary/aromatic N) is 2. The van der Waals surface area contributed by atoms with Crippen LogP contribution in [-0.2, 0) is 14.3 Å². The Labute approximate surface area is 121 Å². The lowest BCUT2D eigenvalue weighted by molar-refractivity contribution is -0.145. The Kier molecular flexibility index (Phi) is 5.02. The van der Waals surface area contributed by atoms with Crippen molar-refractivity contribution >= 4 is 11.9 Å². The van der Waals surface area contributed by atoms with Crippen molar-refractivity contribution < 1.29 is 14.3 Å².